The van der Waals surface area contributed by atoms with E-state index in [1.165, 1.54) is 17.7 Å². The van der Waals surface area contributed by atoms with E-state index < -0.39 is 0 Å². The van der Waals surface area contributed by atoms with E-state index in [1.54, 1.807) is 19.2 Å². The van der Waals surface area contributed by atoms with Crippen molar-refractivity contribution in [3.63, 3.8) is 0 Å². The lowest BCUT2D eigenvalue weighted by atomic mass is 9.72. The first-order valence-corrected chi connectivity index (χ1v) is 18.6. The third-order valence-corrected chi connectivity index (χ3v) is 11.9. The first-order valence-electron chi connectivity index (χ1n) is 18.6. The quantitative estimate of drug-likeness (QED) is 0.149. The molecule has 2 aromatic carbocycles. The van der Waals surface area contributed by atoms with E-state index in [9.17, 15) is 9.18 Å². The van der Waals surface area contributed by atoms with E-state index in [0.29, 0.717) is 18.3 Å². The molecular weight excluding hydrogens is 627 g/mol. The van der Waals surface area contributed by atoms with Crippen molar-refractivity contribution in [2.24, 2.45) is 5.92 Å². The van der Waals surface area contributed by atoms with Crippen LogP contribution in [0, 0.1) is 11.7 Å². The lowest BCUT2D eigenvalue weighted by molar-refractivity contribution is -0.146. The molecule has 3 fully saturated rings. The number of aromatic nitrogens is 2. The molecule has 50 heavy (non-hydrogen) atoms. The summed E-state index contributed by atoms with van der Waals surface area (Å²) in [6.07, 6.45) is 11.1. The van der Waals surface area contributed by atoms with Crippen molar-refractivity contribution >= 4 is 11.6 Å². The van der Waals surface area contributed by atoms with Crippen LogP contribution in [0.2, 0.25) is 0 Å². The fourth-order valence-electron chi connectivity index (χ4n) is 8.67. The molecular formula is C42H53FN4O3. The summed E-state index contributed by atoms with van der Waals surface area (Å²) in [5.74, 6) is 1.63. The van der Waals surface area contributed by atoms with Crippen LogP contribution >= 0.6 is 0 Å². The van der Waals surface area contributed by atoms with Crippen molar-refractivity contribution in [3.05, 3.63) is 101 Å². The van der Waals surface area contributed by atoms with Gasteiger partial charge in [-0.2, -0.15) is 0 Å². The van der Waals surface area contributed by atoms with Gasteiger partial charge in [0.15, 0.2) is 0 Å². The van der Waals surface area contributed by atoms with Gasteiger partial charge in [0.1, 0.15) is 23.8 Å². The van der Waals surface area contributed by atoms with Crippen LogP contribution in [-0.4, -0.2) is 70.5 Å². The Hall–Kier alpha value is -3.75. The molecule has 1 aliphatic carbocycles. The molecule has 0 radical (unpaired) electrons. The number of carbonyl (C=O) groups excluding carboxylic acids is 1. The molecule has 2 saturated heterocycles. The van der Waals surface area contributed by atoms with Crippen molar-refractivity contribution in [2.45, 2.75) is 95.1 Å². The van der Waals surface area contributed by atoms with E-state index in [1.807, 2.05) is 30.3 Å². The second kappa shape index (κ2) is 14.5. The minimum absolute atomic E-state index is 0.0162. The molecule has 0 N–H and O–H groups in total. The molecule has 1 saturated carbocycles. The van der Waals surface area contributed by atoms with Gasteiger partial charge in [-0.15, -0.1) is 0 Å². The smallest absolute Gasteiger partial charge is 0.306 e. The van der Waals surface area contributed by atoms with Gasteiger partial charge in [0.25, 0.3) is 0 Å². The second-order valence-corrected chi connectivity index (χ2v) is 16.1. The number of nitrogens with zero attached hydrogens (tertiary/aromatic N) is 4. The largest absolute Gasteiger partial charge is 0.497 e. The normalized spacial score (nSPS) is 21.7. The lowest BCUT2D eigenvalue weighted by Crippen LogP contribution is -2.53. The topological polar surface area (TPSA) is 59.3 Å². The number of pyridine rings is 1. The van der Waals surface area contributed by atoms with E-state index in [4.69, 9.17) is 14.5 Å². The number of hydrogen-bond donors (Lipinski definition) is 0. The van der Waals surface area contributed by atoms with Crippen LogP contribution < -0.4 is 4.74 Å². The molecule has 8 heteroatoms. The molecule has 3 aliphatic rings. The lowest BCUT2D eigenvalue weighted by Gasteiger charge is -2.49. The molecule has 0 bridgehead atoms. The molecule has 2 atom stereocenters. The van der Waals surface area contributed by atoms with Gasteiger partial charge in [0, 0.05) is 61.5 Å². The van der Waals surface area contributed by atoms with Crippen LogP contribution in [0.3, 0.4) is 0 Å². The van der Waals surface area contributed by atoms with Gasteiger partial charge in [-0.25, -0.2) is 9.37 Å². The summed E-state index contributed by atoms with van der Waals surface area (Å²) in [6, 6.07) is 19.4. The molecule has 2 aliphatic heterocycles. The van der Waals surface area contributed by atoms with E-state index >= 15 is 0 Å². The van der Waals surface area contributed by atoms with Gasteiger partial charge < -0.3 is 18.8 Å². The number of piperidine rings is 1. The maximum atomic E-state index is 14.5. The van der Waals surface area contributed by atoms with Gasteiger partial charge in [-0.3, -0.25) is 9.69 Å². The Bertz CT molecular complexity index is 1770. The summed E-state index contributed by atoms with van der Waals surface area (Å²) in [6.45, 7) is 12.0. The zero-order valence-corrected chi connectivity index (χ0v) is 30.2. The molecule has 0 spiro atoms. The number of esters is 1. The number of carbonyl (C=O) groups is 1. The monoisotopic (exact) mass is 680 g/mol. The Morgan fingerprint density at radius 3 is 2.48 bits per heavy atom. The van der Waals surface area contributed by atoms with Crippen LogP contribution in [0.25, 0.3) is 5.65 Å². The van der Waals surface area contributed by atoms with E-state index in [0.717, 1.165) is 87.4 Å². The van der Waals surface area contributed by atoms with Gasteiger partial charge in [0.2, 0.25) is 0 Å². The number of likely N-dealkylation sites (tertiary alicyclic amines) is 2. The standard InChI is InChI=1S/C42H53FN4O3/c1-41(2,3)34-16-22-47-38(25-44-39(47)24-34)31-14-20-45(21-15-31)26-33-27-46(28-37(33)32-7-5-8-35(43)23-32)42(17-6-18-42)19-13-40(48)50-29-30-9-11-36(49-4)12-10-30/h5,7-12,16,22-25,31,33,37H,6,13-15,17-21,26-29H2,1-4H3/t33-,37+/m0/s1. The molecule has 266 valence electrons. The third-order valence-electron chi connectivity index (χ3n) is 11.9. The molecule has 4 aromatic rings. The third kappa shape index (κ3) is 7.47. The number of rotatable bonds is 11. The molecule has 7 rings (SSSR count). The van der Waals surface area contributed by atoms with Crippen molar-refractivity contribution in [3.8, 4) is 5.75 Å². The fourth-order valence-corrected chi connectivity index (χ4v) is 8.67. The second-order valence-electron chi connectivity index (χ2n) is 16.1. The minimum atomic E-state index is -0.166. The summed E-state index contributed by atoms with van der Waals surface area (Å²) in [4.78, 5) is 23.0. The van der Waals surface area contributed by atoms with Crippen LogP contribution in [0.4, 0.5) is 4.39 Å². The van der Waals surface area contributed by atoms with Crippen LogP contribution in [0.1, 0.15) is 99.9 Å². The van der Waals surface area contributed by atoms with Gasteiger partial charge >= 0.3 is 5.97 Å². The summed E-state index contributed by atoms with van der Waals surface area (Å²) in [7, 11) is 1.64. The zero-order valence-electron chi connectivity index (χ0n) is 30.2. The molecule has 2 aromatic heterocycles. The molecule has 0 unspecified atom stereocenters. The highest BCUT2D eigenvalue weighted by molar-refractivity contribution is 5.69. The van der Waals surface area contributed by atoms with Gasteiger partial charge in [0.05, 0.1) is 7.11 Å². The van der Waals surface area contributed by atoms with Crippen molar-refractivity contribution < 1.29 is 18.7 Å². The number of imidazole rings is 1. The number of methoxy groups -OCH3 is 1. The van der Waals surface area contributed by atoms with Gasteiger partial charge in [-0.1, -0.05) is 45.0 Å². The fraction of sp³-hybridized carbons (Fsp3) is 0.524. The SMILES string of the molecule is COc1ccc(COC(=O)CCC2(N3C[C@H](CN4CCC(c5cnc6cc(C(C)(C)C)ccn56)CC4)[C@@H](c4cccc(F)c4)C3)CCC2)cc1. The highest BCUT2D eigenvalue weighted by atomic mass is 19.1. The number of hydrogen-bond acceptors (Lipinski definition) is 6. The highest BCUT2D eigenvalue weighted by Gasteiger charge is 2.48. The Balaban J connectivity index is 0.986. The van der Waals surface area contributed by atoms with Crippen molar-refractivity contribution in [1.29, 1.82) is 0 Å². The number of halogens is 1. The summed E-state index contributed by atoms with van der Waals surface area (Å²) in [5, 5.41) is 0. The maximum absolute atomic E-state index is 14.5. The minimum Gasteiger partial charge on any atom is -0.497 e. The maximum Gasteiger partial charge on any atom is 0.306 e. The summed E-state index contributed by atoms with van der Waals surface area (Å²) >= 11 is 0. The predicted molar refractivity (Wildman–Crippen MR) is 195 cm³/mol. The van der Waals surface area contributed by atoms with E-state index in [2.05, 4.69) is 65.6 Å². The van der Waals surface area contributed by atoms with Crippen LogP contribution in [-0.2, 0) is 21.6 Å². The number of benzene rings is 2. The van der Waals surface area contributed by atoms with Crippen molar-refractivity contribution in [1.82, 2.24) is 19.2 Å². The highest BCUT2D eigenvalue weighted by Crippen LogP contribution is 2.47. The number of ether oxygens (including phenoxy) is 2. The molecule has 7 nitrogen and oxygen atoms in total. The predicted octanol–water partition coefficient (Wildman–Crippen LogP) is 8.12. The van der Waals surface area contributed by atoms with Gasteiger partial charge in [-0.05, 0) is 116 Å². The number of fused-ring (bicyclic) bond motifs is 1. The zero-order chi connectivity index (χ0) is 34.9. The van der Waals surface area contributed by atoms with Crippen LogP contribution in [0.15, 0.2) is 73.1 Å². The Morgan fingerprint density at radius 1 is 1.02 bits per heavy atom. The molecule has 0 amide bonds. The van der Waals surface area contributed by atoms with Crippen LogP contribution in [0.5, 0.6) is 5.75 Å². The van der Waals surface area contributed by atoms with E-state index in [-0.39, 0.29) is 35.3 Å². The average Bonchev–Trinajstić information content (AvgIpc) is 3.71. The average molecular weight is 681 g/mol. The summed E-state index contributed by atoms with van der Waals surface area (Å²) < 4.78 is 27.7. The Morgan fingerprint density at radius 2 is 1.80 bits per heavy atom. The Kier molecular flexibility index (Phi) is 10.0. The first kappa shape index (κ1) is 34.7. The summed E-state index contributed by atoms with van der Waals surface area (Å²) in [5.41, 5.74) is 5.83. The molecule has 4 heterocycles. The Labute approximate surface area is 296 Å². The van der Waals surface area contributed by atoms with Crippen molar-refractivity contribution in [2.75, 3.05) is 39.8 Å². The first-order chi connectivity index (χ1) is 24.1.